The molecule has 4 N–H and O–H groups in total. The number of hydrogen-bond donors (Lipinski definition) is 2. The predicted octanol–water partition coefficient (Wildman–Crippen LogP) is 1.34. The Labute approximate surface area is 124 Å². The number of primary sulfonamides is 1. The van der Waals surface area contributed by atoms with Gasteiger partial charge in [-0.15, -0.1) is 0 Å². The number of benzene rings is 1. The lowest BCUT2D eigenvalue weighted by molar-refractivity contribution is 0.598. The molecule has 6 nitrogen and oxygen atoms in total. The second kappa shape index (κ2) is 6.11. The topological polar surface area (TPSA) is 102 Å². The Hall–Kier alpha value is -2.12. The molecule has 0 spiro atoms. The van der Waals surface area contributed by atoms with Crippen LogP contribution in [-0.2, 0) is 16.6 Å². The van der Waals surface area contributed by atoms with Gasteiger partial charge in [-0.1, -0.05) is 0 Å². The number of nitrogens with zero attached hydrogens (tertiary/aromatic N) is 2. The molecular formula is C14H18N4O2S. The molecule has 0 amide bonds. The molecule has 0 fully saturated rings. The quantitative estimate of drug-likeness (QED) is 0.811. The molecule has 1 heterocycles. The Kier molecular flexibility index (Phi) is 4.44. The highest BCUT2D eigenvalue weighted by atomic mass is 32.2. The van der Waals surface area contributed by atoms with E-state index in [1.165, 1.54) is 12.1 Å². The summed E-state index contributed by atoms with van der Waals surface area (Å²) < 4.78 is 23.0. The third-order valence-electron chi connectivity index (χ3n) is 3.18. The van der Waals surface area contributed by atoms with E-state index in [1.807, 2.05) is 24.0 Å². The molecule has 0 atom stereocenters. The highest BCUT2D eigenvalue weighted by Crippen LogP contribution is 2.27. The molecule has 1 aromatic carbocycles. The molecule has 0 unspecified atom stereocenters. The number of sulfonamides is 1. The van der Waals surface area contributed by atoms with Gasteiger partial charge in [-0.05, 0) is 42.8 Å². The number of nitrogens with two attached hydrogens (primary N) is 2. The molecule has 0 aliphatic heterocycles. The Morgan fingerprint density at radius 1 is 1.19 bits per heavy atom. The smallest absolute Gasteiger partial charge is 0.238 e. The van der Waals surface area contributed by atoms with Gasteiger partial charge in [0.15, 0.2) is 0 Å². The lowest BCUT2D eigenvalue weighted by atomic mass is 10.2. The van der Waals surface area contributed by atoms with Gasteiger partial charge in [0.1, 0.15) is 0 Å². The van der Waals surface area contributed by atoms with Crippen molar-refractivity contribution in [3.05, 3.63) is 48.3 Å². The van der Waals surface area contributed by atoms with Crippen molar-refractivity contribution in [2.75, 3.05) is 17.2 Å². The van der Waals surface area contributed by atoms with Gasteiger partial charge in [0.25, 0.3) is 0 Å². The van der Waals surface area contributed by atoms with Gasteiger partial charge in [0.2, 0.25) is 10.0 Å². The molecule has 0 saturated heterocycles. The maximum atomic E-state index is 11.5. The first-order valence-electron chi connectivity index (χ1n) is 6.48. The summed E-state index contributed by atoms with van der Waals surface area (Å²) in [5.41, 5.74) is 8.20. The number of aromatic nitrogens is 1. The Morgan fingerprint density at radius 3 is 2.43 bits per heavy atom. The third kappa shape index (κ3) is 3.71. The SMILES string of the molecule is CCN(Cc1ccncc1)c1cc(S(N)(=O)=O)ccc1N. The number of hydrogen-bond acceptors (Lipinski definition) is 5. The minimum atomic E-state index is -3.75. The van der Waals surface area contributed by atoms with E-state index < -0.39 is 10.0 Å². The van der Waals surface area contributed by atoms with Gasteiger partial charge in [-0.2, -0.15) is 0 Å². The highest BCUT2D eigenvalue weighted by molar-refractivity contribution is 7.89. The van der Waals surface area contributed by atoms with Gasteiger partial charge >= 0.3 is 0 Å². The van der Waals surface area contributed by atoms with Crippen LogP contribution in [-0.4, -0.2) is 19.9 Å². The molecule has 112 valence electrons. The van der Waals surface area contributed by atoms with E-state index in [0.717, 1.165) is 5.56 Å². The van der Waals surface area contributed by atoms with Crippen LogP contribution in [0.5, 0.6) is 0 Å². The molecule has 7 heteroatoms. The molecule has 0 aliphatic rings. The predicted molar refractivity (Wildman–Crippen MR) is 83.2 cm³/mol. The zero-order chi connectivity index (χ0) is 15.5. The molecule has 2 aromatic rings. The van der Waals surface area contributed by atoms with Crippen molar-refractivity contribution in [3.63, 3.8) is 0 Å². The zero-order valence-electron chi connectivity index (χ0n) is 11.7. The van der Waals surface area contributed by atoms with Gasteiger partial charge < -0.3 is 10.6 Å². The van der Waals surface area contributed by atoms with E-state index in [-0.39, 0.29) is 4.90 Å². The van der Waals surface area contributed by atoms with Crippen molar-refractivity contribution >= 4 is 21.4 Å². The standard InChI is InChI=1S/C14H18N4O2S/c1-2-18(10-11-5-7-17-8-6-11)14-9-12(21(16,19)20)3-4-13(14)15/h3-9H,2,10,15H2,1H3,(H2,16,19,20). The highest BCUT2D eigenvalue weighted by Gasteiger charge is 2.14. The van der Waals surface area contributed by atoms with Crippen LogP contribution in [0.3, 0.4) is 0 Å². The maximum absolute atomic E-state index is 11.5. The van der Waals surface area contributed by atoms with Crippen LogP contribution in [0, 0.1) is 0 Å². The fourth-order valence-corrected chi connectivity index (χ4v) is 2.58. The van der Waals surface area contributed by atoms with Crippen LogP contribution in [0.25, 0.3) is 0 Å². The first-order valence-corrected chi connectivity index (χ1v) is 8.02. The number of nitrogen functional groups attached to an aromatic ring is 1. The minimum Gasteiger partial charge on any atom is -0.397 e. The summed E-state index contributed by atoms with van der Waals surface area (Å²) in [6, 6.07) is 8.29. The molecule has 0 bridgehead atoms. The summed E-state index contributed by atoms with van der Waals surface area (Å²) in [7, 11) is -3.75. The summed E-state index contributed by atoms with van der Waals surface area (Å²) in [4.78, 5) is 6.02. The maximum Gasteiger partial charge on any atom is 0.238 e. The Balaban J connectivity index is 2.38. The lowest BCUT2D eigenvalue weighted by Crippen LogP contribution is -2.24. The zero-order valence-corrected chi connectivity index (χ0v) is 12.5. The van der Waals surface area contributed by atoms with Gasteiger partial charge in [0, 0.05) is 25.5 Å². The average molecular weight is 306 g/mol. The monoisotopic (exact) mass is 306 g/mol. The molecule has 21 heavy (non-hydrogen) atoms. The fraction of sp³-hybridized carbons (Fsp3) is 0.214. The van der Waals surface area contributed by atoms with Gasteiger partial charge in [-0.3, -0.25) is 4.98 Å². The van der Waals surface area contributed by atoms with Crippen LogP contribution < -0.4 is 15.8 Å². The molecule has 1 aromatic heterocycles. The van der Waals surface area contributed by atoms with Crippen molar-refractivity contribution < 1.29 is 8.42 Å². The summed E-state index contributed by atoms with van der Waals surface area (Å²) in [5.74, 6) is 0. The van der Waals surface area contributed by atoms with E-state index in [4.69, 9.17) is 10.9 Å². The summed E-state index contributed by atoms with van der Waals surface area (Å²) in [6.07, 6.45) is 3.43. The largest absolute Gasteiger partial charge is 0.397 e. The molecule has 2 rings (SSSR count). The Bertz CT molecular complexity index is 717. The third-order valence-corrected chi connectivity index (χ3v) is 4.09. The number of anilines is 2. The number of pyridine rings is 1. The van der Waals surface area contributed by atoms with Crippen LogP contribution in [0.15, 0.2) is 47.6 Å². The van der Waals surface area contributed by atoms with Gasteiger partial charge in [0.05, 0.1) is 16.3 Å². The van der Waals surface area contributed by atoms with Crippen molar-refractivity contribution in [2.24, 2.45) is 5.14 Å². The average Bonchev–Trinajstić information content (AvgIpc) is 2.45. The van der Waals surface area contributed by atoms with E-state index in [2.05, 4.69) is 4.98 Å². The summed E-state index contributed by atoms with van der Waals surface area (Å²) in [6.45, 7) is 3.27. The van der Waals surface area contributed by atoms with Gasteiger partial charge in [-0.25, -0.2) is 13.6 Å². The first kappa shape index (κ1) is 15.3. The van der Waals surface area contributed by atoms with Crippen molar-refractivity contribution in [2.45, 2.75) is 18.4 Å². The van der Waals surface area contributed by atoms with E-state index >= 15 is 0 Å². The molecule has 0 radical (unpaired) electrons. The van der Waals surface area contributed by atoms with Crippen molar-refractivity contribution in [1.82, 2.24) is 4.98 Å². The Morgan fingerprint density at radius 2 is 1.86 bits per heavy atom. The summed E-state index contributed by atoms with van der Waals surface area (Å²) in [5, 5.41) is 5.17. The van der Waals surface area contributed by atoms with Crippen molar-refractivity contribution in [1.29, 1.82) is 0 Å². The van der Waals surface area contributed by atoms with E-state index in [0.29, 0.717) is 24.5 Å². The van der Waals surface area contributed by atoms with Crippen molar-refractivity contribution in [3.8, 4) is 0 Å². The van der Waals surface area contributed by atoms with E-state index in [9.17, 15) is 8.42 Å². The lowest BCUT2D eigenvalue weighted by Gasteiger charge is -2.25. The molecule has 0 aliphatic carbocycles. The molecule has 0 saturated carbocycles. The normalized spacial score (nSPS) is 11.3. The fourth-order valence-electron chi connectivity index (χ4n) is 2.05. The van der Waals surface area contributed by atoms with Crippen LogP contribution in [0.4, 0.5) is 11.4 Å². The minimum absolute atomic E-state index is 0.0554. The van der Waals surface area contributed by atoms with E-state index in [1.54, 1.807) is 18.5 Å². The van der Waals surface area contributed by atoms with Crippen LogP contribution in [0.1, 0.15) is 12.5 Å². The second-order valence-corrected chi connectivity index (χ2v) is 6.20. The van der Waals surface area contributed by atoms with Crippen LogP contribution in [0.2, 0.25) is 0 Å². The first-order chi connectivity index (χ1) is 9.91. The second-order valence-electron chi connectivity index (χ2n) is 4.64. The van der Waals surface area contributed by atoms with Crippen LogP contribution >= 0.6 is 0 Å². The summed E-state index contributed by atoms with van der Waals surface area (Å²) >= 11 is 0. The molecular weight excluding hydrogens is 288 g/mol. The number of rotatable bonds is 5.